The Hall–Kier alpha value is -1.93. The van der Waals surface area contributed by atoms with Crippen molar-refractivity contribution in [3.05, 3.63) is 32.6 Å². The van der Waals surface area contributed by atoms with Gasteiger partial charge in [-0.15, -0.1) is 0 Å². The highest BCUT2D eigenvalue weighted by molar-refractivity contribution is 5.67. The summed E-state index contributed by atoms with van der Waals surface area (Å²) in [7, 11) is 0. The van der Waals surface area contributed by atoms with Crippen molar-refractivity contribution in [1.29, 1.82) is 0 Å². The van der Waals surface area contributed by atoms with Crippen molar-refractivity contribution in [2.75, 3.05) is 0 Å². The lowest BCUT2D eigenvalue weighted by Crippen LogP contribution is -2.27. The quantitative estimate of drug-likeness (QED) is 0.447. The second-order valence-electron chi connectivity index (χ2n) is 2.75. The van der Waals surface area contributed by atoms with Crippen LogP contribution in [0.2, 0.25) is 0 Å². The third-order valence-electron chi connectivity index (χ3n) is 1.58. The monoisotopic (exact) mass is 217 g/mol. The summed E-state index contributed by atoms with van der Waals surface area (Å²) in [6.45, 7) is 0. The maximum atomic E-state index is 10.8. The predicted molar refractivity (Wildman–Crippen MR) is 50.5 cm³/mol. The van der Waals surface area contributed by atoms with Gasteiger partial charge in [-0.25, -0.2) is 4.79 Å². The van der Waals surface area contributed by atoms with Crippen LogP contribution in [0.5, 0.6) is 0 Å². The van der Waals surface area contributed by atoms with Crippen molar-refractivity contribution in [2.45, 2.75) is 12.5 Å². The smallest absolute Gasteiger partial charge is 0.325 e. The molecule has 0 amide bonds. The van der Waals surface area contributed by atoms with E-state index in [-0.39, 0.29) is 17.6 Å². The Morgan fingerprint density at radius 1 is 1.47 bits per heavy atom. The minimum Gasteiger partial charge on any atom is -0.481 e. The summed E-state index contributed by atoms with van der Waals surface area (Å²) in [6.07, 6.45) is -0.348. The zero-order chi connectivity index (χ0) is 10.7. The minimum atomic E-state index is -1.10. The Balaban J connectivity index is 0.00000196. The van der Waals surface area contributed by atoms with Crippen LogP contribution in [0.25, 0.3) is 0 Å². The standard InChI is InChI=1S/C7H9N3O4.H2O/c8-3(1-6(12)13)4-2-5(11)10-7(14)9-4;/h2-3H,1,8H2,(H,12,13)(H2,9,10,11,14);1H2. The molecule has 0 aliphatic heterocycles. The number of aromatic amines is 2. The fourth-order valence-corrected chi connectivity index (χ4v) is 0.985. The molecular formula is C7H11N3O5. The second kappa shape index (κ2) is 5.08. The zero-order valence-electron chi connectivity index (χ0n) is 7.61. The van der Waals surface area contributed by atoms with Crippen molar-refractivity contribution in [2.24, 2.45) is 5.73 Å². The van der Waals surface area contributed by atoms with E-state index in [1.165, 1.54) is 0 Å². The van der Waals surface area contributed by atoms with E-state index in [4.69, 9.17) is 10.8 Å². The van der Waals surface area contributed by atoms with Gasteiger partial charge >= 0.3 is 11.7 Å². The van der Waals surface area contributed by atoms with Crippen LogP contribution < -0.4 is 17.0 Å². The zero-order valence-corrected chi connectivity index (χ0v) is 7.61. The molecule has 84 valence electrons. The summed E-state index contributed by atoms with van der Waals surface area (Å²) in [5, 5.41) is 8.43. The van der Waals surface area contributed by atoms with Gasteiger partial charge in [0.05, 0.1) is 12.5 Å². The maximum absolute atomic E-state index is 10.8. The first-order valence-electron chi connectivity index (χ1n) is 3.80. The lowest BCUT2D eigenvalue weighted by atomic mass is 10.1. The predicted octanol–water partition coefficient (Wildman–Crippen LogP) is -2.29. The van der Waals surface area contributed by atoms with Crippen LogP contribution in [0.1, 0.15) is 18.2 Å². The first-order chi connectivity index (χ1) is 6.49. The van der Waals surface area contributed by atoms with Crippen LogP contribution in [0, 0.1) is 0 Å². The fraction of sp³-hybridized carbons (Fsp3) is 0.286. The number of carboxylic acids is 1. The third-order valence-corrected chi connectivity index (χ3v) is 1.58. The number of hydrogen-bond donors (Lipinski definition) is 4. The molecule has 7 N–H and O–H groups in total. The van der Waals surface area contributed by atoms with Crippen molar-refractivity contribution in [1.82, 2.24) is 9.97 Å². The van der Waals surface area contributed by atoms with Gasteiger partial charge in [-0.05, 0) is 0 Å². The molecule has 0 aliphatic rings. The molecular weight excluding hydrogens is 206 g/mol. The minimum absolute atomic E-state index is 0. The number of hydrogen-bond acceptors (Lipinski definition) is 4. The molecule has 0 saturated heterocycles. The average molecular weight is 217 g/mol. The highest BCUT2D eigenvalue weighted by atomic mass is 16.4. The number of nitrogens with two attached hydrogens (primary N) is 1. The van der Waals surface area contributed by atoms with Crippen molar-refractivity contribution in [3.63, 3.8) is 0 Å². The Morgan fingerprint density at radius 3 is 2.53 bits per heavy atom. The molecule has 1 atom stereocenters. The molecule has 0 aromatic carbocycles. The summed E-state index contributed by atoms with van der Waals surface area (Å²) < 4.78 is 0. The lowest BCUT2D eigenvalue weighted by Gasteiger charge is -2.07. The Morgan fingerprint density at radius 2 is 2.07 bits per heavy atom. The number of carbonyl (C=O) groups is 1. The van der Waals surface area contributed by atoms with Gasteiger partial charge in [0.25, 0.3) is 5.56 Å². The van der Waals surface area contributed by atoms with Crippen LogP contribution in [0.15, 0.2) is 15.7 Å². The molecule has 1 heterocycles. The average Bonchev–Trinajstić information content (AvgIpc) is 2.00. The van der Waals surface area contributed by atoms with E-state index >= 15 is 0 Å². The normalized spacial score (nSPS) is 11.5. The summed E-state index contributed by atoms with van der Waals surface area (Å²) in [4.78, 5) is 36.1. The Bertz CT molecular complexity index is 420. The first-order valence-corrected chi connectivity index (χ1v) is 3.80. The molecule has 1 rings (SSSR count). The van der Waals surface area contributed by atoms with Gasteiger partial charge in [0, 0.05) is 11.8 Å². The third kappa shape index (κ3) is 3.75. The van der Waals surface area contributed by atoms with E-state index in [1.54, 1.807) is 0 Å². The summed E-state index contributed by atoms with van der Waals surface area (Å²) in [5.74, 6) is -1.10. The molecule has 0 radical (unpaired) electrons. The highest BCUT2D eigenvalue weighted by Gasteiger charge is 2.11. The van der Waals surface area contributed by atoms with Crippen LogP contribution in [0.4, 0.5) is 0 Å². The van der Waals surface area contributed by atoms with Gasteiger partial charge in [0.2, 0.25) is 0 Å². The molecule has 0 bridgehead atoms. The summed E-state index contributed by atoms with van der Waals surface area (Å²) in [6, 6.07) is 0.178. The molecule has 1 unspecified atom stereocenters. The lowest BCUT2D eigenvalue weighted by molar-refractivity contribution is -0.137. The van der Waals surface area contributed by atoms with Crippen LogP contribution in [-0.4, -0.2) is 26.5 Å². The molecule has 1 aromatic heterocycles. The van der Waals surface area contributed by atoms with Gasteiger partial charge in [0.1, 0.15) is 0 Å². The van der Waals surface area contributed by atoms with Crippen molar-refractivity contribution < 1.29 is 15.4 Å². The number of aliphatic carboxylic acids is 1. The van der Waals surface area contributed by atoms with Gasteiger partial charge in [-0.3, -0.25) is 14.6 Å². The molecule has 0 spiro atoms. The van der Waals surface area contributed by atoms with E-state index in [2.05, 4.69) is 4.98 Å². The summed E-state index contributed by atoms with van der Waals surface area (Å²) in [5.41, 5.74) is 4.23. The van der Waals surface area contributed by atoms with Crippen LogP contribution in [0.3, 0.4) is 0 Å². The number of carboxylic acid groups (broad SMARTS) is 1. The van der Waals surface area contributed by atoms with Crippen molar-refractivity contribution in [3.8, 4) is 0 Å². The molecule has 8 heteroatoms. The Kier molecular flexibility index (Phi) is 4.42. The maximum Gasteiger partial charge on any atom is 0.325 e. The molecule has 8 nitrogen and oxygen atoms in total. The second-order valence-corrected chi connectivity index (χ2v) is 2.75. The number of aromatic nitrogens is 2. The van der Waals surface area contributed by atoms with Gasteiger partial charge in [0.15, 0.2) is 0 Å². The fourth-order valence-electron chi connectivity index (χ4n) is 0.985. The number of H-pyrrole nitrogens is 2. The van der Waals surface area contributed by atoms with Crippen LogP contribution in [-0.2, 0) is 4.79 Å². The first kappa shape index (κ1) is 13.1. The number of nitrogens with one attached hydrogen (secondary N) is 2. The van der Waals surface area contributed by atoms with E-state index in [1.807, 2.05) is 4.98 Å². The SMILES string of the molecule is NC(CC(=O)O)c1cc(=O)[nH]c(=O)[nH]1.O. The molecule has 1 aromatic rings. The topological polar surface area (TPSA) is 161 Å². The molecule has 0 aliphatic carbocycles. The summed E-state index contributed by atoms with van der Waals surface area (Å²) >= 11 is 0. The van der Waals surface area contributed by atoms with Gasteiger partial charge < -0.3 is 21.3 Å². The van der Waals surface area contributed by atoms with Crippen LogP contribution >= 0.6 is 0 Å². The van der Waals surface area contributed by atoms with E-state index < -0.39 is 23.3 Å². The van der Waals surface area contributed by atoms with E-state index in [0.29, 0.717) is 0 Å². The molecule has 15 heavy (non-hydrogen) atoms. The van der Waals surface area contributed by atoms with Gasteiger partial charge in [-0.2, -0.15) is 0 Å². The molecule has 0 fully saturated rings. The number of rotatable bonds is 3. The Labute approximate surface area is 83.1 Å². The van der Waals surface area contributed by atoms with Crippen molar-refractivity contribution >= 4 is 5.97 Å². The van der Waals surface area contributed by atoms with Gasteiger partial charge in [-0.1, -0.05) is 0 Å². The highest BCUT2D eigenvalue weighted by Crippen LogP contribution is 2.06. The molecule has 0 saturated carbocycles. The van der Waals surface area contributed by atoms with E-state index in [9.17, 15) is 14.4 Å². The van der Waals surface area contributed by atoms with E-state index in [0.717, 1.165) is 6.07 Å². The largest absolute Gasteiger partial charge is 0.481 e.